The van der Waals surface area contributed by atoms with Crippen LogP contribution in [0, 0.1) is 0 Å². The van der Waals surface area contributed by atoms with E-state index in [1.54, 1.807) is 6.08 Å². The van der Waals surface area contributed by atoms with Crippen LogP contribution in [0.15, 0.2) is 36.5 Å². The van der Waals surface area contributed by atoms with Crippen molar-refractivity contribution in [3.05, 3.63) is 36.5 Å². The van der Waals surface area contributed by atoms with Gasteiger partial charge < -0.3 is 40.3 Å². The van der Waals surface area contributed by atoms with Gasteiger partial charge in [-0.3, -0.25) is 4.79 Å². The van der Waals surface area contributed by atoms with Crippen LogP contribution in [0.25, 0.3) is 0 Å². The Hall–Kier alpha value is -1.59. The van der Waals surface area contributed by atoms with Crippen LogP contribution in [-0.2, 0) is 14.3 Å². The third-order valence-electron chi connectivity index (χ3n) is 14.4. The molecule has 1 aliphatic rings. The van der Waals surface area contributed by atoms with E-state index in [0.717, 1.165) is 38.5 Å². The van der Waals surface area contributed by atoms with Gasteiger partial charge in [-0.1, -0.05) is 262 Å². The molecule has 1 heterocycles. The summed E-state index contributed by atoms with van der Waals surface area (Å²) < 4.78 is 11.3. The molecule has 1 amide bonds. The first-order valence-electron chi connectivity index (χ1n) is 30.2. The second-order valence-electron chi connectivity index (χ2n) is 21.1. The number of allylic oxidation sites excluding steroid dienone is 5. The Morgan fingerprint density at radius 3 is 1.20 bits per heavy atom. The van der Waals surface area contributed by atoms with Crippen LogP contribution in [0.3, 0.4) is 0 Å². The van der Waals surface area contributed by atoms with Gasteiger partial charge in [-0.25, -0.2) is 0 Å². The maximum atomic E-state index is 13.1. The SMILES string of the molecule is CCCCCCCCCCCCCC/C=C\CCCCCCCCCCCC(=O)NC(COC1OC(CO)C(O)C(O)C1O)C(O)/C=C/CC/C=C/CCCCCCCCCCCCCCCCCC. The molecule has 70 heavy (non-hydrogen) atoms. The third-order valence-corrected chi connectivity index (χ3v) is 14.4. The van der Waals surface area contributed by atoms with E-state index in [0.29, 0.717) is 6.42 Å². The molecule has 0 aromatic heterocycles. The summed E-state index contributed by atoms with van der Waals surface area (Å²) in [6.45, 7) is 3.80. The lowest BCUT2D eigenvalue weighted by molar-refractivity contribution is -0.302. The highest BCUT2D eigenvalue weighted by atomic mass is 16.7. The summed E-state index contributed by atoms with van der Waals surface area (Å²) in [4.78, 5) is 13.1. The zero-order valence-corrected chi connectivity index (χ0v) is 45.8. The van der Waals surface area contributed by atoms with Crippen molar-refractivity contribution >= 4 is 5.91 Å². The summed E-state index contributed by atoms with van der Waals surface area (Å²) in [5, 5.41) is 54.5. The number of carbonyl (C=O) groups excluding carboxylic acids is 1. The van der Waals surface area contributed by atoms with Gasteiger partial charge in [-0.05, 0) is 57.8 Å². The Balaban J connectivity index is 2.23. The van der Waals surface area contributed by atoms with Gasteiger partial charge in [0, 0.05) is 6.42 Å². The van der Waals surface area contributed by atoms with Crippen LogP contribution in [0.2, 0.25) is 0 Å². The quantitative estimate of drug-likeness (QED) is 0.0261. The van der Waals surface area contributed by atoms with Gasteiger partial charge in [0.05, 0.1) is 25.4 Å². The van der Waals surface area contributed by atoms with E-state index >= 15 is 0 Å². The van der Waals surface area contributed by atoms with Crippen LogP contribution in [0.5, 0.6) is 0 Å². The molecule has 7 unspecified atom stereocenters. The molecule has 0 bridgehead atoms. The van der Waals surface area contributed by atoms with E-state index in [1.807, 2.05) is 6.08 Å². The summed E-state index contributed by atoms with van der Waals surface area (Å²) >= 11 is 0. The number of carbonyl (C=O) groups is 1. The Labute approximate surface area is 431 Å². The third kappa shape index (κ3) is 39.9. The predicted octanol–water partition coefficient (Wildman–Crippen LogP) is 15.1. The minimum atomic E-state index is -1.57. The molecule has 1 fully saturated rings. The van der Waals surface area contributed by atoms with E-state index in [1.165, 1.54) is 231 Å². The molecule has 0 aromatic rings. The zero-order valence-electron chi connectivity index (χ0n) is 45.8. The molecule has 0 spiro atoms. The van der Waals surface area contributed by atoms with Crippen LogP contribution in [0.4, 0.5) is 0 Å². The van der Waals surface area contributed by atoms with Crippen molar-refractivity contribution in [1.29, 1.82) is 0 Å². The second-order valence-corrected chi connectivity index (χ2v) is 21.1. The summed E-state index contributed by atoms with van der Waals surface area (Å²) in [6.07, 6.45) is 59.3. The Morgan fingerprint density at radius 1 is 0.471 bits per heavy atom. The number of rotatable bonds is 52. The van der Waals surface area contributed by atoms with Gasteiger partial charge in [0.1, 0.15) is 24.4 Å². The molecule has 0 aromatic carbocycles. The number of aliphatic hydroxyl groups excluding tert-OH is 5. The van der Waals surface area contributed by atoms with Crippen molar-refractivity contribution in [2.24, 2.45) is 0 Å². The molecular weight excluding hydrogens is 875 g/mol. The van der Waals surface area contributed by atoms with E-state index in [9.17, 15) is 30.3 Å². The molecule has 6 N–H and O–H groups in total. The van der Waals surface area contributed by atoms with Crippen molar-refractivity contribution in [2.75, 3.05) is 13.2 Å². The van der Waals surface area contributed by atoms with Gasteiger partial charge in [0.15, 0.2) is 6.29 Å². The Bertz CT molecular complexity index is 1190. The molecule has 1 saturated heterocycles. The fourth-order valence-electron chi connectivity index (χ4n) is 9.64. The lowest BCUT2D eigenvalue weighted by atomic mass is 9.99. The van der Waals surface area contributed by atoms with Crippen molar-refractivity contribution in [1.82, 2.24) is 5.32 Å². The molecule has 7 atom stereocenters. The van der Waals surface area contributed by atoms with Gasteiger partial charge in [-0.15, -0.1) is 0 Å². The van der Waals surface area contributed by atoms with E-state index < -0.39 is 49.5 Å². The maximum Gasteiger partial charge on any atom is 0.220 e. The number of nitrogens with one attached hydrogen (secondary N) is 1. The summed E-state index contributed by atoms with van der Waals surface area (Å²) in [5.74, 6) is -0.185. The number of aliphatic hydroxyl groups is 5. The first kappa shape index (κ1) is 66.4. The molecule has 0 aliphatic carbocycles. The second kappa shape index (κ2) is 50.9. The average Bonchev–Trinajstić information content (AvgIpc) is 3.36. The van der Waals surface area contributed by atoms with Crippen LogP contribution >= 0.6 is 0 Å². The lowest BCUT2D eigenvalue weighted by Crippen LogP contribution is -2.60. The minimum Gasteiger partial charge on any atom is -0.394 e. The normalized spacial score (nSPS) is 19.6. The zero-order chi connectivity index (χ0) is 50.8. The molecule has 412 valence electrons. The van der Waals surface area contributed by atoms with Crippen molar-refractivity contribution in [3.63, 3.8) is 0 Å². The Morgan fingerprint density at radius 2 is 0.814 bits per heavy atom. The molecule has 9 nitrogen and oxygen atoms in total. The molecule has 0 saturated carbocycles. The first-order chi connectivity index (χ1) is 34.3. The summed E-state index contributed by atoms with van der Waals surface area (Å²) in [5.41, 5.74) is 0. The molecule has 0 radical (unpaired) electrons. The first-order valence-corrected chi connectivity index (χ1v) is 30.2. The highest BCUT2D eigenvalue weighted by molar-refractivity contribution is 5.76. The molecule has 1 aliphatic heterocycles. The molecular formula is C61H115NO8. The van der Waals surface area contributed by atoms with E-state index in [2.05, 4.69) is 43.5 Å². The van der Waals surface area contributed by atoms with Gasteiger partial charge in [0.25, 0.3) is 0 Å². The standard InChI is InChI=1S/C61H115NO8/c1-3-5-7-9-11-13-15-17-19-21-23-25-27-28-29-31-33-35-37-39-41-43-45-47-49-51-57(65)62-54(53-69-61-60(68)59(67)58(66)56(52-63)70-61)55(64)50-48-46-44-42-40-38-36-34-32-30-26-24-22-20-18-16-14-12-10-8-6-4-2/h28-29,40,42,48,50,54-56,58-61,63-64,66-68H,3-27,30-39,41,43-47,49,51-53H2,1-2H3,(H,62,65)/b29-28-,42-40+,50-48+. The fraction of sp³-hybridized carbons (Fsp3) is 0.885. The highest BCUT2D eigenvalue weighted by Gasteiger charge is 2.44. The van der Waals surface area contributed by atoms with Crippen molar-refractivity contribution in [3.8, 4) is 0 Å². The smallest absolute Gasteiger partial charge is 0.220 e. The minimum absolute atomic E-state index is 0.185. The predicted molar refractivity (Wildman–Crippen MR) is 295 cm³/mol. The number of hydrogen-bond donors (Lipinski definition) is 6. The van der Waals surface area contributed by atoms with E-state index in [4.69, 9.17) is 9.47 Å². The number of amides is 1. The highest BCUT2D eigenvalue weighted by Crippen LogP contribution is 2.23. The number of hydrogen-bond acceptors (Lipinski definition) is 8. The average molecular weight is 991 g/mol. The van der Waals surface area contributed by atoms with Gasteiger partial charge in [-0.2, -0.15) is 0 Å². The monoisotopic (exact) mass is 990 g/mol. The largest absolute Gasteiger partial charge is 0.394 e. The van der Waals surface area contributed by atoms with E-state index in [-0.39, 0.29) is 12.5 Å². The fourth-order valence-corrected chi connectivity index (χ4v) is 9.64. The number of unbranched alkanes of at least 4 members (excludes halogenated alkanes) is 38. The van der Waals surface area contributed by atoms with Crippen molar-refractivity contribution < 1.29 is 39.8 Å². The molecule has 1 rings (SSSR count). The van der Waals surface area contributed by atoms with Crippen molar-refractivity contribution in [2.45, 2.75) is 333 Å². The molecule has 9 heteroatoms. The van der Waals surface area contributed by atoms with Gasteiger partial charge in [0.2, 0.25) is 5.91 Å². The van der Waals surface area contributed by atoms with Gasteiger partial charge >= 0.3 is 0 Å². The number of ether oxygens (including phenoxy) is 2. The van der Waals surface area contributed by atoms with Crippen LogP contribution < -0.4 is 5.32 Å². The maximum absolute atomic E-state index is 13.1. The summed E-state index contributed by atoms with van der Waals surface area (Å²) in [6, 6.07) is -0.823. The summed E-state index contributed by atoms with van der Waals surface area (Å²) in [7, 11) is 0. The topological polar surface area (TPSA) is 149 Å². The Kier molecular flexibility index (Phi) is 48.3. The lowest BCUT2D eigenvalue weighted by Gasteiger charge is -2.40. The van der Waals surface area contributed by atoms with Crippen LogP contribution in [-0.4, -0.2) is 87.5 Å². The van der Waals surface area contributed by atoms with Crippen LogP contribution in [0.1, 0.15) is 290 Å².